The highest BCUT2D eigenvalue weighted by atomic mass is 79.9. The number of alkyl halides is 3. The highest BCUT2D eigenvalue weighted by Crippen LogP contribution is 2.48. The van der Waals surface area contributed by atoms with E-state index in [4.69, 9.17) is 23.0 Å². The lowest BCUT2D eigenvalue weighted by molar-refractivity contribution is -0.139. The molecule has 0 saturated heterocycles. The summed E-state index contributed by atoms with van der Waals surface area (Å²) in [6.45, 7) is 13.5. The van der Waals surface area contributed by atoms with E-state index in [2.05, 4.69) is 20.9 Å². The molecule has 1 unspecified atom stereocenters. The minimum absolute atomic E-state index is 0.0595. The van der Waals surface area contributed by atoms with Crippen molar-refractivity contribution in [1.29, 1.82) is 0 Å². The van der Waals surface area contributed by atoms with Gasteiger partial charge < -0.3 is 23.0 Å². The van der Waals surface area contributed by atoms with E-state index < -0.39 is 37.1 Å². The Kier molecular flexibility index (Phi) is 11.7. The molecule has 232 valence electrons. The van der Waals surface area contributed by atoms with Gasteiger partial charge in [0.05, 0.1) is 30.0 Å². The zero-order valence-electron chi connectivity index (χ0n) is 25.2. The van der Waals surface area contributed by atoms with E-state index in [-0.39, 0.29) is 25.6 Å². The van der Waals surface area contributed by atoms with Crippen LogP contribution >= 0.6 is 24.5 Å². The third kappa shape index (κ3) is 11.6. The minimum atomic E-state index is -4.58. The Labute approximate surface area is 256 Å². The third-order valence-electron chi connectivity index (χ3n) is 5.68. The molecule has 0 aliphatic carbocycles. The molecule has 3 rings (SSSR count). The predicted molar refractivity (Wildman–Crippen MR) is 165 cm³/mol. The van der Waals surface area contributed by atoms with Crippen LogP contribution in [0.25, 0.3) is 6.08 Å². The van der Waals surface area contributed by atoms with Crippen LogP contribution in [-0.2, 0) is 30.9 Å². The number of aryl methyl sites for hydroxylation is 1. The maximum absolute atomic E-state index is 14.0. The van der Waals surface area contributed by atoms with Crippen molar-refractivity contribution in [3.8, 4) is 5.75 Å². The summed E-state index contributed by atoms with van der Waals surface area (Å²) in [5.41, 5.74) is -1.38. The average Bonchev–Trinajstić information content (AvgIpc) is 3.23. The van der Waals surface area contributed by atoms with Gasteiger partial charge in [0.2, 0.25) is 0 Å². The number of nitrogens with zero attached hydrogens (tertiary/aromatic N) is 1. The van der Waals surface area contributed by atoms with Gasteiger partial charge in [-0.1, -0.05) is 46.3 Å². The van der Waals surface area contributed by atoms with Crippen LogP contribution in [0, 0.1) is 0 Å². The number of rotatable bonds is 12. The van der Waals surface area contributed by atoms with E-state index in [1.54, 1.807) is 25.1 Å². The Morgan fingerprint density at radius 1 is 1.02 bits per heavy atom. The first-order chi connectivity index (χ1) is 19.4. The van der Waals surface area contributed by atoms with Gasteiger partial charge in [0, 0.05) is 11.4 Å². The van der Waals surface area contributed by atoms with Crippen molar-refractivity contribution in [2.24, 2.45) is 4.99 Å². The topological polar surface area (TPSA) is 58.5 Å². The number of ether oxygens (including phenoxy) is 2. The summed E-state index contributed by atoms with van der Waals surface area (Å²) >= 11 is 3.43. The van der Waals surface area contributed by atoms with Crippen molar-refractivity contribution in [2.75, 3.05) is 19.8 Å². The number of aliphatic imine (C=N–C) groups is 1. The van der Waals surface area contributed by atoms with Crippen LogP contribution in [0.1, 0.15) is 71.6 Å². The summed E-state index contributed by atoms with van der Waals surface area (Å²) in [4.78, 5) is 4.60. The molecule has 0 radical (unpaired) electrons. The van der Waals surface area contributed by atoms with Crippen molar-refractivity contribution in [1.82, 2.24) is 0 Å². The zero-order valence-corrected chi connectivity index (χ0v) is 27.7. The minimum Gasteiger partial charge on any atom is -0.493 e. The molecule has 0 aromatic heterocycles. The molecule has 0 fully saturated rings. The van der Waals surface area contributed by atoms with Crippen molar-refractivity contribution in [3.63, 3.8) is 0 Å². The van der Waals surface area contributed by atoms with E-state index in [0.29, 0.717) is 24.3 Å². The van der Waals surface area contributed by atoms with Crippen molar-refractivity contribution < 1.29 is 36.2 Å². The third-order valence-corrected chi connectivity index (χ3v) is 7.91. The average molecular weight is 675 g/mol. The Hall–Kier alpha value is -1.97. The number of benzene rings is 2. The van der Waals surface area contributed by atoms with Gasteiger partial charge in [-0.2, -0.15) is 13.2 Å². The largest absolute Gasteiger partial charge is 0.493 e. The highest BCUT2D eigenvalue weighted by molar-refractivity contribution is 9.10. The molecule has 0 bridgehead atoms. The fourth-order valence-electron chi connectivity index (χ4n) is 3.90. The predicted octanol–water partition coefficient (Wildman–Crippen LogP) is 9.55. The van der Waals surface area contributed by atoms with E-state index in [1.165, 1.54) is 6.07 Å². The molecule has 0 saturated carbocycles. The van der Waals surface area contributed by atoms with Crippen molar-refractivity contribution >= 4 is 36.5 Å². The van der Waals surface area contributed by atoms with Crippen LogP contribution in [0.15, 0.2) is 58.0 Å². The van der Waals surface area contributed by atoms with Crippen LogP contribution in [0.4, 0.5) is 13.2 Å². The van der Waals surface area contributed by atoms with Gasteiger partial charge >= 0.3 is 14.8 Å². The Morgan fingerprint density at radius 2 is 1.71 bits per heavy atom. The number of halogens is 4. The zero-order chi connectivity index (χ0) is 31.2. The van der Waals surface area contributed by atoms with E-state index >= 15 is 0 Å². The number of hydrogen-bond acceptors (Lipinski definition) is 6. The summed E-state index contributed by atoms with van der Waals surface area (Å²) in [6.07, 6.45) is -0.00900. The van der Waals surface area contributed by atoms with Gasteiger partial charge in [-0.05, 0) is 89.8 Å². The number of hydrogen-bond donors (Lipinski definition) is 0. The van der Waals surface area contributed by atoms with Gasteiger partial charge in [0.25, 0.3) is 0 Å². The summed E-state index contributed by atoms with van der Waals surface area (Å²) in [5.74, 6) is 0.262. The fourth-order valence-corrected chi connectivity index (χ4v) is 5.71. The Balaban J connectivity index is 1.74. The summed E-state index contributed by atoms with van der Waals surface area (Å²) < 4.78 is 72.3. The lowest BCUT2D eigenvalue weighted by atomic mass is 10.0. The summed E-state index contributed by atoms with van der Waals surface area (Å²) in [5, 5.41) is 0. The first kappa shape index (κ1) is 34.5. The summed E-state index contributed by atoms with van der Waals surface area (Å²) in [6, 6.07) is 11.8. The molecule has 0 spiro atoms. The summed E-state index contributed by atoms with van der Waals surface area (Å²) in [7, 11) is -1.74. The van der Waals surface area contributed by atoms with Crippen LogP contribution in [0.5, 0.6) is 5.75 Å². The van der Waals surface area contributed by atoms with Crippen LogP contribution < -0.4 is 4.74 Å². The SMILES string of the molecule is CC1=NC(/C=C/c2ccc(OCCCc3cccc(Br)c3)c(C(F)(F)F)c2)(COP(OC(C)(C)C)OC(C)(C)C)CO1. The normalized spacial score (nSPS) is 18.0. The maximum Gasteiger partial charge on any atom is 0.419 e. The van der Waals surface area contributed by atoms with Gasteiger partial charge in [0.1, 0.15) is 17.9 Å². The second-order valence-corrected chi connectivity index (χ2v) is 14.1. The van der Waals surface area contributed by atoms with E-state index in [1.807, 2.05) is 65.8 Å². The highest BCUT2D eigenvalue weighted by Gasteiger charge is 2.38. The Bertz CT molecular complexity index is 1240. The van der Waals surface area contributed by atoms with Gasteiger partial charge in [-0.15, -0.1) is 0 Å². The fraction of sp³-hybridized carbons (Fsp3) is 0.516. The molecule has 1 heterocycles. The lowest BCUT2D eigenvalue weighted by Gasteiger charge is -2.32. The van der Waals surface area contributed by atoms with Gasteiger partial charge in [-0.3, -0.25) is 0 Å². The standard InChI is InChI=1S/C31H40BrF3NO5P/c1-22-36-30(20-38-22,21-39-42(40-28(2,3)4)41-29(5,6)7)16-15-24-13-14-27(26(19-24)31(33,34)35)37-17-9-11-23-10-8-12-25(32)18-23/h8,10,12-16,18-19H,9,11,17,20-21H2,1-7H3/b16-15+. The van der Waals surface area contributed by atoms with Gasteiger partial charge in [0.15, 0.2) is 5.90 Å². The molecule has 42 heavy (non-hydrogen) atoms. The molecular formula is C31H40BrF3NO5P. The lowest BCUT2D eigenvalue weighted by Crippen LogP contribution is -2.32. The second-order valence-electron chi connectivity index (χ2n) is 12.1. The molecule has 1 atom stereocenters. The van der Waals surface area contributed by atoms with Crippen molar-refractivity contribution in [3.05, 3.63) is 69.7 Å². The molecule has 2 aromatic carbocycles. The first-order valence-electron chi connectivity index (χ1n) is 13.7. The van der Waals surface area contributed by atoms with Gasteiger partial charge in [-0.25, -0.2) is 4.99 Å². The molecule has 0 N–H and O–H groups in total. The molecule has 6 nitrogen and oxygen atoms in total. The maximum atomic E-state index is 14.0. The molecule has 2 aromatic rings. The molecular weight excluding hydrogens is 634 g/mol. The van der Waals surface area contributed by atoms with Crippen LogP contribution in [0.2, 0.25) is 0 Å². The molecule has 11 heteroatoms. The smallest absolute Gasteiger partial charge is 0.419 e. The Morgan fingerprint density at radius 3 is 2.29 bits per heavy atom. The molecule has 1 aliphatic heterocycles. The van der Waals surface area contributed by atoms with Crippen molar-refractivity contribution in [2.45, 2.75) is 84.2 Å². The molecule has 1 aliphatic rings. The molecule has 0 amide bonds. The van der Waals surface area contributed by atoms with E-state index in [9.17, 15) is 13.2 Å². The van der Waals surface area contributed by atoms with Crippen LogP contribution in [0.3, 0.4) is 0 Å². The van der Waals surface area contributed by atoms with Crippen LogP contribution in [-0.4, -0.2) is 42.5 Å². The second kappa shape index (κ2) is 14.2. The van der Waals surface area contributed by atoms with E-state index in [0.717, 1.165) is 16.1 Å². The first-order valence-corrected chi connectivity index (χ1v) is 15.6. The quantitative estimate of drug-likeness (QED) is 0.166. The monoisotopic (exact) mass is 673 g/mol.